The molecule has 4 rings (SSSR count). The molecule has 146 valence electrons. The van der Waals surface area contributed by atoms with E-state index >= 15 is 0 Å². The number of likely N-dealkylation sites (tertiary alicyclic amines) is 1. The molecule has 2 heterocycles. The van der Waals surface area contributed by atoms with Crippen molar-refractivity contribution >= 4 is 16.6 Å². The van der Waals surface area contributed by atoms with Crippen molar-refractivity contribution in [1.82, 2.24) is 14.9 Å². The molecule has 0 atom stereocenters. The molecule has 1 aromatic heterocycles. The second kappa shape index (κ2) is 8.31. The van der Waals surface area contributed by atoms with E-state index in [9.17, 15) is 0 Å². The largest absolute Gasteiger partial charge is 0.493 e. The molecule has 28 heavy (non-hydrogen) atoms. The Morgan fingerprint density at radius 1 is 1.04 bits per heavy atom. The summed E-state index contributed by atoms with van der Waals surface area (Å²) in [5, 5.41) is 0.753. The number of ether oxygens (including phenoxy) is 3. The Morgan fingerprint density at radius 2 is 1.82 bits per heavy atom. The fourth-order valence-electron chi connectivity index (χ4n) is 3.33. The molecule has 0 bridgehead atoms. The van der Waals surface area contributed by atoms with Gasteiger partial charge in [-0.2, -0.15) is 0 Å². The summed E-state index contributed by atoms with van der Waals surface area (Å²) < 4.78 is 17.4. The van der Waals surface area contributed by atoms with Gasteiger partial charge in [0.05, 0.1) is 18.0 Å². The van der Waals surface area contributed by atoms with E-state index in [1.54, 1.807) is 31.4 Å². The number of benzene rings is 2. The number of hydrogen-bond acceptors (Lipinski definition) is 7. The van der Waals surface area contributed by atoms with E-state index in [2.05, 4.69) is 14.9 Å². The first-order chi connectivity index (χ1) is 13.7. The summed E-state index contributed by atoms with van der Waals surface area (Å²) in [5.74, 6) is 2.41. The zero-order valence-electron chi connectivity index (χ0n) is 15.9. The first kappa shape index (κ1) is 18.3. The molecule has 0 radical (unpaired) electrons. The van der Waals surface area contributed by atoms with Gasteiger partial charge in [-0.15, -0.1) is 0 Å². The molecule has 0 saturated carbocycles. The first-order valence-corrected chi connectivity index (χ1v) is 9.44. The Bertz CT molecular complexity index is 940. The molecule has 3 aromatic rings. The van der Waals surface area contributed by atoms with Crippen molar-refractivity contribution in [3.63, 3.8) is 0 Å². The van der Waals surface area contributed by atoms with Crippen molar-refractivity contribution < 1.29 is 14.2 Å². The van der Waals surface area contributed by atoms with Crippen LogP contribution in [0.4, 0.5) is 5.69 Å². The Balaban J connectivity index is 1.56. The highest BCUT2D eigenvalue weighted by Crippen LogP contribution is 2.36. The summed E-state index contributed by atoms with van der Waals surface area (Å²) in [4.78, 5) is 11.0. The van der Waals surface area contributed by atoms with Crippen LogP contribution in [0.2, 0.25) is 0 Å². The van der Waals surface area contributed by atoms with E-state index in [0.717, 1.165) is 30.5 Å². The predicted molar refractivity (Wildman–Crippen MR) is 108 cm³/mol. The summed E-state index contributed by atoms with van der Waals surface area (Å²) in [6, 6.07) is 10.9. The van der Waals surface area contributed by atoms with Crippen LogP contribution in [0.5, 0.6) is 23.1 Å². The minimum Gasteiger partial charge on any atom is -0.493 e. The maximum Gasteiger partial charge on any atom is 0.230 e. The second-order valence-corrected chi connectivity index (χ2v) is 6.77. The molecular weight excluding hydrogens is 356 g/mol. The van der Waals surface area contributed by atoms with E-state index in [0.29, 0.717) is 35.4 Å². The van der Waals surface area contributed by atoms with Gasteiger partial charge in [0.1, 0.15) is 18.7 Å². The molecule has 1 fully saturated rings. The van der Waals surface area contributed by atoms with Gasteiger partial charge in [0.15, 0.2) is 11.5 Å². The van der Waals surface area contributed by atoms with E-state index in [1.807, 2.05) is 12.1 Å². The number of aromatic nitrogens is 2. The van der Waals surface area contributed by atoms with Crippen molar-refractivity contribution in [2.24, 2.45) is 0 Å². The Hall–Kier alpha value is -3.06. The Morgan fingerprint density at radius 3 is 2.57 bits per heavy atom. The average Bonchev–Trinajstić information content (AvgIpc) is 3.23. The first-order valence-electron chi connectivity index (χ1n) is 9.44. The highest BCUT2D eigenvalue weighted by Gasteiger charge is 2.15. The highest BCUT2D eigenvalue weighted by molar-refractivity contribution is 5.87. The van der Waals surface area contributed by atoms with E-state index in [4.69, 9.17) is 19.9 Å². The van der Waals surface area contributed by atoms with Gasteiger partial charge in [-0.1, -0.05) is 0 Å². The lowest BCUT2D eigenvalue weighted by Gasteiger charge is -2.17. The smallest absolute Gasteiger partial charge is 0.230 e. The van der Waals surface area contributed by atoms with Crippen LogP contribution in [0.3, 0.4) is 0 Å². The molecule has 0 amide bonds. The van der Waals surface area contributed by atoms with Crippen LogP contribution in [0, 0.1) is 0 Å². The van der Waals surface area contributed by atoms with Crippen LogP contribution in [0.15, 0.2) is 42.7 Å². The van der Waals surface area contributed by atoms with Crippen molar-refractivity contribution in [1.29, 1.82) is 0 Å². The number of anilines is 1. The predicted octanol–water partition coefficient (Wildman–Crippen LogP) is 3.49. The fraction of sp³-hybridized carbons (Fsp3) is 0.333. The van der Waals surface area contributed by atoms with Gasteiger partial charge in [-0.25, -0.2) is 9.97 Å². The second-order valence-electron chi connectivity index (χ2n) is 6.77. The summed E-state index contributed by atoms with van der Waals surface area (Å²) in [6.45, 7) is 3.83. The van der Waals surface area contributed by atoms with Crippen molar-refractivity contribution in [3.05, 3.63) is 42.7 Å². The quantitative estimate of drug-likeness (QED) is 0.628. The number of methoxy groups -OCH3 is 1. The molecule has 0 unspecified atom stereocenters. The molecule has 7 heteroatoms. The van der Waals surface area contributed by atoms with Gasteiger partial charge < -0.3 is 19.9 Å². The molecule has 2 N–H and O–H groups in total. The highest BCUT2D eigenvalue weighted by atomic mass is 16.5. The van der Waals surface area contributed by atoms with Crippen molar-refractivity contribution in [2.45, 2.75) is 12.8 Å². The molecule has 1 aliphatic heterocycles. The minimum atomic E-state index is 0.455. The van der Waals surface area contributed by atoms with Crippen LogP contribution in [-0.4, -0.2) is 48.2 Å². The van der Waals surface area contributed by atoms with E-state index in [1.165, 1.54) is 19.2 Å². The molecular formula is C21H24N4O3. The number of hydrogen-bond donors (Lipinski definition) is 1. The van der Waals surface area contributed by atoms with Crippen LogP contribution in [-0.2, 0) is 0 Å². The summed E-state index contributed by atoms with van der Waals surface area (Å²) in [5.41, 5.74) is 7.14. The van der Waals surface area contributed by atoms with Gasteiger partial charge in [0, 0.05) is 18.3 Å². The zero-order chi connectivity index (χ0) is 19.3. The van der Waals surface area contributed by atoms with Crippen LogP contribution in [0.1, 0.15) is 12.8 Å². The van der Waals surface area contributed by atoms with Gasteiger partial charge in [-0.3, -0.25) is 4.90 Å². The molecule has 2 aromatic carbocycles. The standard InChI is InChI=1S/C21H24N4O3/c1-26-19-12-17-18(13-20(19)27-11-10-25-8-2-3-9-25)23-14-24-21(17)28-16-6-4-15(22)5-7-16/h4-7,12-14H,2-3,8-11,22H2,1H3. The number of fused-ring (bicyclic) bond motifs is 1. The van der Waals surface area contributed by atoms with Crippen LogP contribution in [0.25, 0.3) is 10.9 Å². The number of nitrogens with two attached hydrogens (primary N) is 1. The number of nitrogens with zero attached hydrogens (tertiary/aromatic N) is 3. The molecule has 1 saturated heterocycles. The zero-order valence-corrected chi connectivity index (χ0v) is 15.9. The molecule has 0 aliphatic carbocycles. The third kappa shape index (κ3) is 4.09. The minimum absolute atomic E-state index is 0.455. The third-order valence-electron chi connectivity index (χ3n) is 4.84. The topological polar surface area (TPSA) is 82.7 Å². The van der Waals surface area contributed by atoms with E-state index < -0.39 is 0 Å². The van der Waals surface area contributed by atoms with E-state index in [-0.39, 0.29) is 0 Å². The molecule has 0 spiro atoms. The summed E-state index contributed by atoms with van der Waals surface area (Å²) in [6.07, 6.45) is 4.02. The van der Waals surface area contributed by atoms with Crippen molar-refractivity contribution in [2.75, 3.05) is 39.1 Å². The van der Waals surface area contributed by atoms with Gasteiger partial charge >= 0.3 is 0 Å². The summed E-state index contributed by atoms with van der Waals surface area (Å²) >= 11 is 0. The van der Waals surface area contributed by atoms with Gasteiger partial charge in [0.2, 0.25) is 5.88 Å². The third-order valence-corrected chi connectivity index (χ3v) is 4.84. The van der Waals surface area contributed by atoms with Crippen LogP contribution < -0.4 is 19.9 Å². The van der Waals surface area contributed by atoms with Crippen LogP contribution >= 0.6 is 0 Å². The summed E-state index contributed by atoms with van der Waals surface area (Å²) in [7, 11) is 1.62. The average molecular weight is 380 g/mol. The SMILES string of the molecule is COc1cc2c(Oc3ccc(N)cc3)ncnc2cc1OCCN1CCCC1. The fourth-order valence-corrected chi connectivity index (χ4v) is 3.33. The number of rotatable bonds is 7. The normalized spacial score (nSPS) is 14.3. The Labute approximate surface area is 164 Å². The lowest BCUT2D eigenvalue weighted by molar-refractivity contribution is 0.230. The maximum atomic E-state index is 5.99. The Kier molecular flexibility index (Phi) is 5.43. The molecule has 1 aliphatic rings. The lowest BCUT2D eigenvalue weighted by Crippen LogP contribution is -2.25. The van der Waals surface area contributed by atoms with Gasteiger partial charge in [0.25, 0.3) is 0 Å². The van der Waals surface area contributed by atoms with Crippen molar-refractivity contribution in [3.8, 4) is 23.1 Å². The lowest BCUT2D eigenvalue weighted by atomic mass is 10.2. The molecule has 7 nitrogen and oxygen atoms in total. The monoisotopic (exact) mass is 380 g/mol. The number of nitrogen functional groups attached to an aromatic ring is 1. The maximum absolute atomic E-state index is 5.99. The van der Waals surface area contributed by atoms with Gasteiger partial charge in [-0.05, 0) is 56.3 Å².